The lowest BCUT2D eigenvalue weighted by Crippen LogP contribution is -2.64. The van der Waals surface area contributed by atoms with Gasteiger partial charge in [0.1, 0.15) is 11.6 Å². The van der Waals surface area contributed by atoms with E-state index in [4.69, 9.17) is 10.2 Å². The van der Waals surface area contributed by atoms with Crippen molar-refractivity contribution in [3.8, 4) is 16.5 Å². The number of carbonyl (C=O) groups excluding carboxylic acids is 1. The molecule has 1 amide bonds. The second kappa shape index (κ2) is 12.9. The molecule has 0 radical (unpaired) electrons. The first-order chi connectivity index (χ1) is 17.3. The molecule has 1 atom stereocenters. The molecule has 0 spiro atoms. The number of rotatable bonds is 12. The molecule has 1 aromatic heterocycles. The Hall–Kier alpha value is -3.68. The quantitative estimate of drug-likeness (QED) is 0.194. The predicted molar refractivity (Wildman–Crippen MR) is 137 cm³/mol. The number of aryl methyl sites for hydroxylation is 1. The number of nitriles is 1. The first-order valence-electron chi connectivity index (χ1n) is 11.9. The van der Waals surface area contributed by atoms with Crippen molar-refractivity contribution in [3.05, 3.63) is 46.3 Å². The monoisotopic (exact) mass is 511 g/mol. The van der Waals surface area contributed by atoms with Crippen molar-refractivity contribution in [2.45, 2.75) is 44.6 Å². The smallest absolute Gasteiger partial charge is 0.362 e. The molecule has 9 nitrogen and oxygen atoms in total. The van der Waals surface area contributed by atoms with Gasteiger partial charge in [-0.1, -0.05) is 6.07 Å². The number of fused-ring (bicyclic) bond motifs is 1. The van der Waals surface area contributed by atoms with Crippen LogP contribution in [0.1, 0.15) is 42.5 Å². The third-order valence-electron chi connectivity index (χ3n) is 6.07. The van der Waals surface area contributed by atoms with Crippen LogP contribution in [-0.4, -0.2) is 53.7 Å². The SMILES string of the molecule is N#C/C(=C\c1ccc(-c2ccc3c(c2)CCCN3CCC(=O)O)s1)C(=O)NCCCCC([NH3+])C(=O)O. The minimum atomic E-state index is -0.933. The van der Waals surface area contributed by atoms with Crippen LogP contribution in [-0.2, 0) is 20.8 Å². The average Bonchev–Trinajstić information content (AvgIpc) is 3.33. The van der Waals surface area contributed by atoms with Gasteiger partial charge in [0.05, 0.1) is 6.42 Å². The average molecular weight is 512 g/mol. The number of nitrogens with one attached hydrogen (secondary N) is 1. The second-order valence-corrected chi connectivity index (χ2v) is 9.85. The Bertz CT molecular complexity index is 1180. The third-order valence-corrected chi connectivity index (χ3v) is 7.15. The third kappa shape index (κ3) is 7.41. The van der Waals surface area contributed by atoms with Crippen molar-refractivity contribution in [2.24, 2.45) is 0 Å². The number of hydrogen-bond acceptors (Lipinski definition) is 6. The minimum Gasteiger partial charge on any atom is -0.481 e. The van der Waals surface area contributed by atoms with Crippen LogP contribution < -0.4 is 16.0 Å². The van der Waals surface area contributed by atoms with Gasteiger partial charge < -0.3 is 26.2 Å². The second-order valence-electron chi connectivity index (χ2n) is 8.74. The van der Waals surface area contributed by atoms with E-state index in [9.17, 15) is 19.6 Å². The van der Waals surface area contributed by atoms with Crippen LogP contribution in [0.3, 0.4) is 0 Å². The van der Waals surface area contributed by atoms with E-state index in [0.717, 1.165) is 40.4 Å². The number of anilines is 1. The zero-order valence-corrected chi connectivity index (χ0v) is 20.9. The van der Waals surface area contributed by atoms with Gasteiger partial charge in [0.25, 0.3) is 5.91 Å². The van der Waals surface area contributed by atoms with Crippen LogP contribution in [0, 0.1) is 11.3 Å². The summed E-state index contributed by atoms with van der Waals surface area (Å²) in [4.78, 5) is 38.1. The fraction of sp³-hybridized carbons (Fsp3) is 0.385. The number of benzene rings is 1. The van der Waals surface area contributed by atoms with E-state index < -0.39 is 23.9 Å². The highest BCUT2D eigenvalue weighted by atomic mass is 32.1. The molecule has 36 heavy (non-hydrogen) atoms. The lowest BCUT2D eigenvalue weighted by atomic mass is 9.98. The van der Waals surface area contributed by atoms with E-state index in [1.165, 1.54) is 16.9 Å². The number of unbranched alkanes of at least 4 members (excludes halogenated alkanes) is 1. The molecule has 1 aliphatic rings. The molecule has 1 aliphatic heterocycles. The molecule has 0 aliphatic carbocycles. The maximum atomic E-state index is 12.4. The van der Waals surface area contributed by atoms with E-state index in [0.29, 0.717) is 32.4 Å². The number of hydrogen-bond donors (Lipinski definition) is 4. The number of quaternary nitrogens is 1. The fourth-order valence-corrected chi connectivity index (χ4v) is 5.05. The van der Waals surface area contributed by atoms with Crippen molar-refractivity contribution >= 4 is 40.9 Å². The molecule has 2 aromatic rings. The number of carboxylic acid groups (broad SMARTS) is 2. The van der Waals surface area contributed by atoms with Gasteiger partial charge in [-0.05, 0) is 67.2 Å². The van der Waals surface area contributed by atoms with Gasteiger partial charge in [0, 0.05) is 41.5 Å². The molecule has 3 rings (SSSR count). The van der Waals surface area contributed by atoms with Gasteiger partial charge in [0.15, 0.2) is 6.04 Å². The summed E-state index contributed by atoms with van der Waals surface area (Å²) >= 11 is 1.49. The molecular formula is C26H31N4O5S+. The largest absolute Gasteiger partial charge is 0.481 e. The summed E-state index contributed by atoms with van der Waals surface area (Å²) in [5.41, 5.74) is 6.90. The van der Waals surface area contributed by atoms with Crippen molar-refractivity contribution < 1.29 is 30.3 Å². The van der Waals surface area contributed by atoms with Crippen LogP contribution in [0.2, 0.25) is 0 Å². The van der Waals surface area contributed by atoms with E-state index >= 15 is 0 Å². The lowest BCUT2D eigenvalue weighted by molar-refractivity contribution is -0.409. The first-order valence-corrected chi connectivity index (χ1v) is 12.8. The number of thiophene rings is 1. The molecule has 10 heteroatoms. The van der Waals surface area contributed by atoms with Crippen LogP contribution in [0.15, 0.2) is 35.9 Å². The Labute approximate surface area is 213 Å². The van der Waals surface area contributed by atoms with Crippen molar-refractivity contribution in [3.63, 3.8) is 0 Å². The molecule has 6 N–H and O–H groups in total. The van der Waals surface area contributed by atoms with Crippen molar-refractivity contribution in [2.75, 3.05) is 24.5 Å². The van der Waals surface area contributed by atoms with E-state index in [2.05, 4.69) is 22.0 Å². The topological polar surface area (TPSA) is 158 Å². The zero-order chi connectivity index (χ0) is 26.1. The Morgan fingerprint density at radius 2 is 2.03 bits per heavy atom. The van der Waals surface area contributed by atoms with Gasteiger partial charge in [-0.2, -0.15) is 5.26 Å². The van der Waals surface area contributed by atoms with Gasteiger partial charge in [-0.3, -0.25) is 9.59 Å². The summed E-state index contributed by atoms with van der Waals surface area (Å²) in [6, 6.07) is 11.4. The Morgan fingerprint density at radius 3 is 2.75 bits per heavy atom. The van der Waals surface area contributed by atoms with Gasteiger partial charge in [-0.15, -0.1) is 11.3 Å². The Morgan fingerprint density at radius 1 is 1.22 bits per heavy atom. The Kier molecular flexibility index (Phi) is 9.61. The van der Waals surface area contributed by atoms with Gasteiger partial charge in [0.2, 0.25) is 0 Å². The fourth-order valence-electron chi connectivity index (χ4n) is 4.10. The lowest BCUT2D eigenvalue weighted by Gasteiger charge is -2.31. The van der Waals surface area contributed by atoms with Gasteiger partial charge >= 0.3 is 11.9 Å². The van der Waals surface area contributed by atoms with E-state index in [-0.39, 0.29) is 12.0 Å². The van der Waals surface area contributed by atoms with Crippen LogP contribution in [0.25, 0.3) is 16.5 Å². The summed E-state index contributed by atoms with van der Waals surface area (Å²) in [5.74, 6) is -2.18. The molecule has 0 bridgehead atoms. The maximum Gasteiger partial charge on any atom is 0.362 e. The standard InChI is InChI=1S/C26H30N4O5S/c27-16-19(25(33)29-11-2-1-5-21(28)26(34)35)15-20-7-9-23(36-20)18-6-8-22-17(14-18)4-3-12-30(22)13-10-24(31)32/h6-9,14-15,21H,1-5,10-13,28H2,(H,29,33)(H,31,32)(H,34,35)/p+1/b19-15+. The first kappa shape index (κ1) is 26.9. The minimum absolute atomic E-state index is 0.0171. The Balaban J connectivity index is 1.61. The molecular weight excluding hydrogens is 480 g/mol. The van der Waals surface area contributed by atoms with Crippen molar-refractivity contribution in [1.82, 2.24) is 5.32 Å². The molecule has 0 saturated carbocycles. The summed E-state index contributed by atoms with van der Waals surface area (Å²) < 4.78 is 0. The molecule has 1 unspecified atom stereocenters. The zero-order valence-electron chi connectivity index (χ0n) is 20.0. The predicted octanol–water partition coefficient (Wildman–Crippen LogP) is 2.53. The molecule has 1 aromatic carbocycles. The van der Waals surface area contributed by atoms with Crippen molar-refractivity contribution in [1.29, 1.82) is 5.26 Å². The van der Waals surface area contributed by atoms with Crippen LogP contribution in [0.5, 0.6) is 0 Å². The maximum absolute atomic E-state index is 12.4. The normalized spacial score (nSPS) is 14.0. The number of carbonyl (C=O) groups is 3. The summed E-state index contributed by atoms with van der Waals surface area (Å²) in [6.45, 7) is 1.71. The summed E-state index contributed by atoms with van der Waals surface area (Å²) in [5, 5.41) is 30.0. The van der Waals surface area contributed by atoms with E-state index in [1.807, 2.05) is 30.3 Å². The molecule has 0 saturated heterocycles. The van der Waals surface area contributed by atoms with Crippen LogP contribution >= 0.6 is 11.3 Å². The number of amides is 1. The number of nitrogens with zero attached hydrogens (tertiary/aromatic N) is 2. The highest BCUT2D eigenvalue weighted by Gasteiger charge is 2.19. The van der Waals surface area contributed by atoms with E-state index in [1.54, 1.807) is 6.08 Å². The summed E-state index contributed by atoms with van der Waals surface area (Å²) in [6.07, 6.45) is 5.27. The van der Waals surface area contributed by atoms with Gasteiger partial charge in [-0.25, -0.2) is 4.79 Å². The number of carboxylic acids is 2. The molecule has 2 heterocycles. The highest BCUT2D eigenvalue weighted by molar-refractivity contribution is 7.16. The molecule has 0 fully saturated rings. The molecule has 190 valence electrons. The highest BCUT2D eigenvalue weighted by Crippen LogP contribution is 2.35. The summed E-state index contributed by atoms with van der Waals surface area (Å²) in [7, 11) is 0. The number of aliphatic carboxylic acids is 2. The van der Waals surface area contributed by atoms with Crippen LogP contribution in [0.4, 0.5) is 5.69 Å².